The minimum absolute atomic E-state index is 0. The van der Waals surface area contributed by atoms with E-state index in [0.717, 1.165) is 4.48 Å². The molecule has 0 rings (SSSR count). The van der Waals surface area contributed by atoms with E-state index in [4.69, 9.17) is 9.79 Å². The van der Waals surface area contributed by atoms with Gasteiger partial charge in [0.2, 0.25) is 0 Å². The minimum Gasteiger partial charge on any atom is -0.789 e. The van der Waals surface area contributed by atoms with Crippen molar-refractivity contribution in [2.45, 2.75) is 0 Å². The van der Waals surface area contributed by atoms with E-state index in [2.05, 4.69) is 32.5 Å². The Morgan fingerprint density at radius 1 is 1.07 bits per heavy atom. The second-order valence-electron chi connectivity index (χ2n) is 3.70. The Labute approximate surface area is 111 Å². The molecule has 0 amide bonds. The monoisotopic (exact) mass is 273 g/mol. The van der Waals surface area contributed by atoms with E-state index in [1.165, 1.54) is 0 Å². The first-order valence-corrected chi connectivity index (χ1v) is 6.28. The molecule has 8 nitrogen and oxygen atoms in total. The largest absolute Gasteiger partial charge is 1.00 e. The second kappa shape index (κ2) is 7.53. The van der Waals surface area contributed by atoms with Crippen LogP contribution in [0.15, 0.2) is 0 Å². The third-order valence-corrected chi connectivity index (χ3v) is 1.86. The van der Waals surface area contributed by atoms with Crippen molar-refractivity contribution in [3.8, 4) is 0 Å². The number of nitrogens with zero attached hydrogens (tertiary/aromatic N) is 1. The summed E-state index contributed by atoms with van der Waals surface area (Å²) in [7, 11) is -2.23. The van der Waals surface area contributed by atoms with E-state index in [9.17, 15) is 18.9 Å². The van der Waals surface area contributed by atoms with Gasteiger partial charge in [0.05, 0.1) is 36.0 Å². The number of hydrogen-bond donors (Lipinski definition) is 2. The third kappa shape index (κ3) is 51.0. The molecule has 0 bridgehead atoms. The maximum absolute atomic E-state index is 9.55. The van der Waals surface area contributed by atoms with Gasteiger partial charge >= 0.3 is 37.4 Å². The van der Waals surface area contributed by atoms with Crippen LogP contribution in [-0.4, -0.2) is 42.5 Å². The molecule has 0 aromatic heterocycles. The maximum atomic E-state index is 9.55. The first-order chi connectivity index (χ1) is 5.71. The summed E-state index contributed by atoms with van der Waals surface area (Å²) in [6.07, 6.45) is 0. The molecule has 0 unspecified atom stereocenters. The van der Waals surface area contributed by atoms with Crippen molar-refractivity contribution in [2.24, 2.45) is 0 Å². The summed E-state index contributed by atoms with van der Waals surface area (Å²) in [5, 5.41) is 0. The van der Waals surface area contributed by atoms with Gasteiger partial charge in [-0.25, -0.2) is 4.57 Å². The predicted octanol–water partition coefficient (Wildman–Crippen LogP) is -4.75. The molecule has 0 heterocycles. The van der Waals surface area contributed by atoms with Crippen molar-refractivity contribution in [2.75, 3.05) is 28.2 Å². The summed E-state index contributed by atoms with van der Waals surface area (Å²) in [5.74, 6) is 0. The van der Waals surface area contributed by atoms with Crippen LogP contribution >= 0.6 is 15.6 Å². The fourth-order valence-electron chi connectivity index (χ4n) is 0.130. The molecule has 0 atom stereocenters. The van der Waals surface area contributed by atoms with Crippen molar-refractivity contribution in [1.29, 1.82) is 0 Å². The molecular formula is C4H14NNaO7P2. The van der Waals surface area contributed by atoms with Gasteiger partial charge in [-0.1, -0.05) is 0 Å². The average molecular weight is 273 g/mol. The maximum Gasteiger partial charge on any atom is 1.00 e. The second-order valence-corrected chi connectivity index (χ2v) is 6.23. The first-order valence-electron chi connectivity index (χ1n) is 3.28. The van der Waals surface area contributed by atoms with Gasteiger partial charge in [-0.3, -0.25) is 4.31 Å². The van der Waals surface area contributed by atoms with Gasteiger partial charge < -0.3 is 28.6 Å². The van der Waals surface area contributed by atoms with Gasteiger partial charge in [0.15, 0.2) is 0 Å². The molecule has 0 spiro atoms. The summed E-state index contributed by atoms with van der Waals surface area (Å²) < 4.78 is 22.7. The molecule has 2 N–H and O–H groups in total. The van der Waals surface area contributed by atoms with Gasteiger partial charge in [0.1, 0.15) is 0 Å². The number of hydrogen-bond acceptors (Lipinski definition) is 5. The Morgan fingerprint density at radius 2 is 1.27 bits per heavy atom. The van der Waals surface area contributed by atoms with Crippen molar-refractivity contribution >= 4 is 15.6 Å². The van der Waals surface area contributed by atoms with Gasteiger partial charge in [0.25, 0.3) is 0 Å². The van der Waals surface area contributed by atoms with Crippen LogP contribution in [0.4, 0.5) is 0 Å². The average Bonchev–Trinajstić information content (AvgIpc) is 1.42. The van der Waals surface area contributed by atoms with Gasteiger partial charge in [-0.15, -0.1) is 0 Å². The van der Waals surface area contributed by atoms with E-state index in [1.54, 1.807) is 0 Å². The Morgan fingerprint density at radius 3 is 1.27 bits per heavy atom. The molecule has 0 aromatic rings. The fraction of sp³-hybridized carbons (Fsp3) is 1.00. The van der Waals surface area contributed by atoms with Crippen LogP contribution in [0.3, 0.4) is 0 Å². The van der Waals surface area contributed by atoms with E-state index < -0.39 is 15.6 Å². The van der Waals surface area contributed by atoms with Crippen molar-refractivity contribution in [3.05, 3.63) is 0 Å². The summed E-state index contributed by atoms with van der Waals surface area (Å²) in [6.45, 7) is 0. The number of quaternary nitrogens is 1. The van der Waals surface area contributed by atoms with Crippen LogP contribution in [0.5, 0.6) is 0 Å². The SMILES string of the molecule is C[N+](C)(C)C.O=P([O-])([O-])OP(=O)(O)O.[Na+]. The van der Waals surface area contributed by atoms with Crippen LogP contribution < -0.4 is 39.3 Å². The van der Waals surface area contributed by atoms with Gasteiger partial charge in [-0.2, -0.15) is 0 Å². The Hall–Kier alpha value is 1.22. The normalized spacial score (nSPS) is 12.3. The summed E-state index contributed by atoms with van der Waals surface area (Å²) >= 11 is 0. The van der Waals surface area contributed by atoms with Gasteiger partial charge in [-0.05, 0) is 0 Å². The molecule has 0 aliphatic rings. The summed E-state index contributed by atoms with van der Waals surface area (Å²) in [4.78, 5) is 34.1. The molecule has 88 valence electrons. The van der Waals surface area contributed by atoms with E-state index in [-0.39, 0.29) is 29.6 Å². The van der Waals surface area contributed by atoms with Crippen LogP contribution in [-0.2, 0) is 13.4 Å². The van der Waals surface area contributed by atoms with Crippen molar-refractivity contribution < 1.29 is 67.1 Å². The van der Waals surface area contributed by atoms with Crippen LogP contribution in [0.25, 0.3) is 0 Å². The summed E-state index contributed by atoms with van der Waals surface area (Å²) in [6, 6.07) is 0. The fourth-order valence-corrected chi connectivity index (χ4v) is 1.17. The van der Waals surface area contributed by atoms with Crippen LogP contribution in [0.2, 0.25) is 0 Å². The minimum atomic E-state index is -5.55. The molecular weight excluding hydrogens is 259 g/mol. The van der Waals surface area contributed by atoms with Crippen molar-refractivity contribution in [1.82, 2.24) is 0 Å². The molecule has 0 aliphatic carbocycles. The smallest absolute Gasteiger partial charge is 0.789 e. The van der Waals surface area contributed by atoms with E-state index in [1.807, 2.05) is 0 Å². The zero-order chi connectivity index (χ0) is 12.2. The molecule has 15 heavy (non-hydrogen) atoms. The van der Waals surface area contributed by atoms with Crippen molar-refractivity contribution in [3.63, 3.8) is 0 Å². The molecule has 0 aliphatic heterocycles. The molecule has 11 heteroatoms. The Kier molecular flexibility index (Phi) is 10.8. The molecule has 0 radical (unpaired) electrons. The predicted molar refractivity (Wildman–Crippen MR) is 44.7 cm³/mol. The molecule has 0 fully saturated rings. The standard InChI is InChI=1S/C4H12N.Na.H4O7P2/c1-5(2,3)4;;1-8(2,3)7-9(4,5)6/h1-4H3;;(H2,1,2,3)(H2,4,5,6)/q2*+1;/p-2. The third-order valence-electron chi connectivity index (χ3n) is 0.206. The summed E-state index contributed by atoms with van der Waals surface area (Å²) in [5.41, 5.74) is 0. The van der Waals surface area contributed by atoms with Crippen LogP contribution in [0.1, 0.15) is 0 Å². The molecule has 0 saturated heterocycles. The Bertz CT molecular complexity index is 226. The molecule has 0 aromatic carbocycles. The number of phosphoric acid groups is 2. The zero-order valence-corrected chi connectivity index (χ0v) is 13.1. The quantitative estimate of drug-likeness (QED) is 0.293. The van der Waals surface area contributed by atoms with E-state index >= 15 is 0 Å². The van der Waals surface area contributed by atoms with Crippen LogP contribution in [0, 0.1) is 0 Å². The van der Waals surface area contributed by atoms with E-state index in [0.29, 0.717) is 0 Å². The zero-order valence-electron chi connectivity index (χ0n) is 9.28. The van der Waals surface area contributed by atoms with Gasteiger partial charge in [0, 0.05) is 0 Å². The topological polar surface area (TPSA) is 130 Å². The Balaban J connectivity index is -0.000000208. The number of rotatable bonds is 2. The first kappa shape index (κ1) is 21.5. The molecule has 0 saturated carbocycles.